The molecule has 656 valence electrons. The molecule has 1 N–H and O–H groups in total. The van der Waals surface area contributed by atoms with E-state index in [1.54, 1.807) is 24.0 Å². The molecule has 0 unspecified atom stereocenters. The van der Waals surface area contributed by atoms with Crippen molar-refractivity contribution in [1.82, 2.24) is 54.4 Å². The van der Waals surface area contributed by atoms with E-state index in [1.807, 2.05) is 114 Å². The average molecular weight is 1730 g/mol. The number of phenolic OH excluding ortho intramolecular Hbond substituents is 1. The van der Waals surface area contributed by atoms with Gasteiger partial charge in [0.1, 0.15) is 47.9 Å². The molecule has 126 heavy (non-hydrogen) atoms. The Morgan fingerprint density at radius 2 is 0.778 bits per heavy atom. The van der Waals surface area contributed by atoms with Crippen molar-refractivity contribution in [3.8, 4) is 17.2 Å². The first kappa shape index (κ1) is 85.6. The maximum Gasteiger partial charge on any atom is 0.410 e. The van der Waals surface area contributed by atoms with Crippen LogP contribution in [0.4, 0.5) is 56.0 Å². The average Bonchev–Trinajstić information content (AvgIpc) is 0.770. The highest BCUT2D eigenvalue weighted by molar-refractivity contribution is 6.28. The molecule has 5 saturated heterocycles. The Morgan fingerprint density at radius 1 is 0.421 bits per heavy atom. The highest BCUT2D eigenvalue weighted by Crippen LogP contribution is 2.42. The summed E-state index contributed by atoms with van der Waals surface area (Å²) < 4.78 is 33.2. The molecule has 8 aromatic carbocycles. The fourth-order valence-corrected chi connectivity index (χ4v) is 18.0. The maximum absolute atomic E-state index is 12.9. The SMILES string of the molecule is C=CC(=O)N1CCN(c2nc(N3CC(N(C)C)C3)nc3c2CCN(c2cc(O)cc4ccccc24)C3)CC1.COCOc1cc(N2CCc3c(nc(Cl)nc3N3CCN(C(=O)OCc4ccccc4)CC3)C2)c2ccccc2c1.COCOc1cc(N2CCc3c(nc(N4CC(N(C)C)C4)nc3N3CCN(C(=O)OCc4ccccc4)CC3)C2)c2ccccc2c1. The number of aromatic nitrogens is 6. The van der Waals surface area contributed by atoms with Crippen LogP contribution in [-0.4, -0.2) is 270 Å². The normalized spacial score (nSPS) is 16.6. The number of anilines is 8. The van der Waals surface area contributed by atoms with Crippen LogP contribution in [0.5, 0.6) is 17.2 Å². The lowest BCUT2D eigenvalue weighted by Gasteiger charge is -2.44. The number of hydrogen-bond acceptors (Lipinski definition) is 26. The summed E-state index contributed by atoms with van der Waals surface area (Å²) >= 11 is 6.46. The van der Waals surface area contributed by atoms with Gasteiger partial charge in [0.25, 0.3) is 0 Å². The molecule has 11 heterocycles. The molecular formula is C96H110ClN19O10. The van der Waals surface area contributed by atoms with E-state index in [9.17, 15) is 19.5 Å². The number of benzene rings is 8. The van der Waals surface area contributed by atoms with Crippen LogP contribution < -0.4 is 48.7 Å². The van der Waals surface area contributed by atoms with Gasteiger partial charge in [0.2, 0.25) is 23.1 Å². The zero-order valence-electron chi connectivity index (χ0n) is 72.6. The van der Waals surface area contributed by atoms with Crippen molar-refractivity contribution in [1.29, 1.82) is 0 Å². The fraction of sp³-hybridized carbons (Fsp3) is 0.385. The lowest BCUT2D eigenvalue weighted by molar-refractivity contribution is -0.126. The largest absolute Gasteiger partial charge is 0.508 e. The molecule has 8 aliphatic heterocycles. The number of fused-ring (bicyclic) bond motifs is 6. The molecule has 0 spiro atoms. The number of aromatic hydroxyl groups is 1. The van der Waals surface area contributed by atoms with Gasteiger partial charge in [-0.1, -0.05) is 140 Å². The second kappa shape index (κ2) is 38.9. The topological polar surface area (TPSA) is 246 Å². The number of phenols is 1. The Morgan fingerprint density at radius 3 is 1.17 bits per heavy atom. The summed E-state index contributed by atoms with van der Waals surface area (Å²) in [6.07, 6.45) is 3.25. The Bertz CT molecular complexity index is 5710. The highest BCUT2D eigenvalue weighted by atomic mass is 35.5. The van der Waals surface area contributed by atoms with E-state index in [0.29, 0.717) is 97.2 Å². The molecular weight excluding hydrogens is 1610 g/mol. The van der Waals surface area contributed by atoms with E-state index >= 15 is 0 Å². The number of ether oxygens (including phenoxy) is 6. The van der Waals surface area contributed by atoms with E-state index in [0.717, 1.165) is 197 Å². The molecule has 19 rings (SSSR count). The number of carbonyl (C=O) groups excluding carboxylic acids is 3. The van der Waals surface area contributed by atoms with Crippen LogP contribution >= 0.6 is 11.6 Å². The molecule has 3 amide bonds. The van der Waals surface area contributed by atoms with Gasteiger partial charge in [-0.05, 0) is 111 Å². The van der Waals surface area contributed by atoms with Crippen molar-refractivity contribution in [2.75, 3.05) is 220 Å². The van der Waals surface area contributed by atoms with Crippen molar-refractivity contribution in [3.63, 3.8) is 0 Å². The van der Waals surface area contributed by atoms with E-state index in [1.165, 1.54) is 22.6 Å². The van der Waals surface area contributed by atoms with E-state index in [-0.39, 0.29) is 55.9 Å². The molecule has 0 radical (unpaired) electrons. The zero-order chi connectivity index (χ0) is 86.9. The Labute approximate surface area is 740 Å². The van der Waals surface area contributed by atoms with Crippen LogP contribution in [0.1, 0.15) is 44.9 Å². The van der Waals surface area contributed by atoms with Gasteiger partial charge in [0.05, 0.1) is 36.7 Å². The van der Waals surface area contributed by atoms with Gasteiger partial charge >= 0.3 is 12.2 Å². The molecule has 30 heteroatoms. The van der Waals surface area contributed by atoms with Gasteiger partial charge in [-0.3, -0.25) is 4.79 Å². The van der Waals surface area contributed by atoms with Gasteiger partial charge in [-0.25, -0.2) is 29.5 Å². The van der Waals surface area contributed by atoms with Crippen LogP contribution in [0.15, 0.2) is 183 Å². The number of carbonyl (C=O) groups is 3. The second-order valence-corrected chi connectivity index (χ2v) is 33.8. The number of halogens is 1. The summed E-state index contributed by atoms with van der Waals surface area (Å²) in [6, 6.07) is 57.4. The molecule has 5 fully saturated rings. The third-order valence-corrected chi connectivity index (χ3v) is 25.3. The predicted molar refractivity (Wildman–Crippen MR) is 493 cm³/mol. The number of rotatable bonds is 21. The molecule has 8 aliphatic rings. The van der Waals surface area contributed by atoms with Crippen molar-refractivity contribution in [2.45, 2.75) is 64.2 Å². The smallest absolute Gasteiger partial charge is 0.410 e. The fourth-order valence-electron chi connectivity index (χ4n) is 17.9. The van der Waals surface area contributed by atoms with Crippen molar-refractivity contribution in [2.24, 2.45) is 0 Å². The number of piperazine rings is 3. The summed E-state index contributed by atoms with van der Waals surface area (Å²) in [5, 5.41) is 17.4. The van der Waals surface area contributed by atoms with Crippen LogP contribution in [0.3, 0.4) is 0 Å². The van der Waals surface area contributed by atoms with E-state index in [2.05, 4.69) is 154 Å². The molecule has 0 atom stereocenters. The standard InChI is InChI=1S/C36H43N7O4.C31H32ClN5O4.C29H35N7O2/c1-39(2)28-21-43(22-28)35-37-32-23-42(33-20-29(47-25-45-3)19-27-11-7-8-12-30(27)33)14-13-31(32)34(38-35)40-15-17-41(18-16-40)36(44)46-24-26-9-5-4-6-10-26;1-39-21-41-24-17-23-9-5-6-10-25(23)28(18-24)37-12-11-26-27(19-37)33-30(32)34-29(26)35-13-15-36(16-14-35)31(38)40-20-22-7-3-2-4-8-22;1-4-27(38)33-11-13-34(14-12-33)28-24-9-10-35(26-16-22(37)15-20-7-5-6-8-23(20)26)19-25(24)30-29(31-28)36-17-21(18-36)32(2)3/h4-12,19-20,28H,13-18,21-25H2,1-3H3;2-10,17-18H,11-16,19-21H2,1H3;4-8,15-16,21,37H,1,9-14,17-19H2,2-3H3. The summed E-state index contributed by atoms with van der Waals surface area (Å²) in [4.78, 5) is 96.0. The molecule has 0 aliphatic carbocycles. The molecule has 0 bridgehead atoms. The summed E-state index contributed by atoms with van der Waals surface area (Å²) in [6.45, 7) is 20.3. The first-order chi connectivity index (χ1) is 61.5. The first-order valence-electron chi connectivity index (χ1n) is 43.5. The number of nitrogens with zero attached hydrogens (tertiary/aromatic N) is 19. The van der Waals surface area contributed by atoms with Crippen LogP contribution in [0.2, 0.25) is 5.28 Å². The quantitative estimate of drug-likeness (QED) is 0.0399. The lowest BCUT2D eigenvalue weighted by Crippen LogP contribution is -2.58. The van der Waals surface area contributed by atoms with Gasteiger partial charge in [-0.2, -0.15) is 9.97 Å². The summed E-state index contributed by atoms with van der Waals surface area (Å²) in [5.41, 5.74) is 11.7. The predicted octanol–water partition coefficient (Wildman–Crippen LogP) is 12.2. The van der Waals surface area contributed by atoms with E-state index < -0.39 is 0 Å². The van der Waals surface area contributed by atoms with Crippen LogP contribution in [-0.2, 0) is 75.9 Å². The van der Waals surface area contributed by atoms with Crippen molar-refractivity contribution in [3.05, 3.63) is 233 Å². The van der Waals surface area contributed by atoms with Crippen LogP contribution in [0, 0.1) is 0 Å². The zero-order valence-corrected chi connectivity index (χ0v) is 73.4. The maximum atomic E-state index is 12.9. The van der Waals surface area contributed by atoms with Crippen molar-refractivity contribution >= 4 is 108 Å². The van der Waals surface area contributed by atoms with Gasteiger partial charge in [0.15, 0.2) is 13.6 Å². The monoisotopic (exact) mass is 1720 g/mol. The van der Waals surface area contributed by atoms with Crippen molar-refractivity contribution < 1.29 is 47.9 Å². The minimum atomic E-state index is -0.296. The molecule has 3 aromatic heterocycles. The number of likely N-dealkylation sites (N-methyl/N-ethyl adjacent to an activating group) is 2. The van der Waals surface area contributed by atoms with Crippen LogP contribution in [0.25, 0.3) is 32.3 Å². The van der Waals surface area contributed by atoms with E-state index in [4.69, 9.17) is 60.0 Å². The number of amides is 3. The van der Waals surface area contributed by atoms with Gasteiger partial charge in [-0.15, -0.1) is 0 Å². The minimum absolute atomic E-state index is 0.0145. The lowest BCUT2D eigenvalue weighted by atomic mass is 10.0. The molecule has 29 nitrogen and oxygen atoms in total. The minimum Gasteiger partial charge on any atom is -0.508 e. The molecule has 11 aromatic rings. The van der Waals surface area contributed by atoms with Gasteiger partial charge < -0.3 is 97.2 Å². The molecule has 0 saturated carbocycles. The highest BCUT2D eigenvalue weighted by Gasteiger charge is 2.38. The number of hydrogen-bond donors (Lipinski definition) is 1. The third-order valence-electron chi connectivity index (χ3n) is 25.1. The number of methoxy groups -OCH3 is 2. The summed E-state index contributed by atoms with van der Waals surface area (Å²) in [5.74, 6) is 6.23. The Balaban J connectivity index is 0.000000134. The second-order valence-electron chi connectivity index (χ2n) is 33.5. The first-order valence-corrected chi connectivity index (χ1v) is 43.8. The summed E-state index contributed by atoms with van der Waals surface area (Å²) in [7, 11) is 11.7. The van der Waals surface area contributed by atoms with Gasteiger partial charge in [0, 0.05) is 219 Å². The Kier molecular flexibility index (Phi) is 26.4. The third kappa shape index (κ3) is 19.3. The Hall–Kier alpha value is -12.5.